The number of hydrogen-bond donors (Lipinski definition) is 1. The Balaban J connectivity index is 2.06. The number of hydrogen-bond acceptors (Lipinski definition) is 5. The highest BCUT2D eigenvalue weighted by molar-refractivity contribution is 6.31. The fourth-order valence-electron chi connectivity index (χ4n) is 2.33. The van der Waals surface area contributed by atoms with E-state index in [1.807, 2.05) is 6.92 Å². The zero-order valence-corrected chi connectivity index (χ0v) is 16.4. The third-order valence-electron chi connectivity index (χ3n) is 3.88. The topological polar surface area (TPSA) is 73.9 Å². The summed E-state index contributed by atoms with van der Waals surface area (Å²) in [7, 11) is 1.48. The third kappa shape index (κ3) is 5.14. The highest BCUT2D eigenvalue weighted by Crippen LogP contribution is 2.28. The zero-order valence-electron chi connectivity index (χ0n) is 15.7. The van der Waals surface area contributed by atoms with Crippen molar-refractivity contribution >= 4 is 29.2 Å². The maximum absolute atomic E-state index is 12.4. The average molecular weight is 392 g/mol. The lowest BCUT2D eigenvalue weighted by Gasteiger charge is -2.16. The molecule has 0 aromatic heterocycles. The van der Waals surface area contributed by atoms with Crippen LogP contribution in [0.3, 0.4) is 0 Å². The molecule has 0 aliphatic rings. The van der Waals surface area contributed by atoms with Crippen LogP contribution in [0.15, 0.2) is 36.4 Å². The zero-order chi connectivity index (χ0) is 20.0. The molecule has 0 fully saturated rings. The molecule has 0 unspecified atom stereocenters. The van der Waals surface area contributed by atoms with Crippen LogP contribution in [-0.4, -0.2) is 31.7 Å². The van der Waals surface area contributed by atoms with E-state index in [4.69, 9.17) is 25.8 Å². The van der Waals surface area contributed by atoms with Gasteiger partial charge in [-0.1, -0.05) is 17.7 Å². The van der Waals surface area contributed by atoms with E-state index in [0.29, 0.717) is 28.8 Å². The lowest BCUT2D eigenvalue weighted by molar-refractivity contribution is -0.123. The molecule has 1 atom stereocenters. The molecule has 0 aliphatic heterocycles. The van der Waals surface area contributed by atoms with Gasteiger partial charge in [0.25, 0.3) is 5.91 Å². The van der Waals surface area contributed by atoms with Crippen molar-refractivity contribution in [3.63, 3.8) is 0 Å². The summed E-state index contributed by atoms with van der Waals surface area (Å²) in [6.07, 6.45) is -0.992. The molecule has 2 aromatic carbocycles. The van der Waals surface area contributed by atoms with Crippen molar-refractivity contribution in [3.8, 4) is 11.5 Å². The number of carbonyl (C=O) groups is 2. The minimum Gasteiger partial charge on any atom is -0.493 e. The highest BCUT2D eigenvalue weighted by Gasteiger charge is 2.21. The van der Waals surface area contributed by atoms with Gasteiger partial charge in [0.15, 0.2) is 17.6 Å². The summed E-state index contributed by atoms with van der Waals surface area (Å²) >= 11 is 6.05. The van der Waals surface area contributed by atoms with Gasteiger partial charge in [-0.15, -0.1) is 0 Å². The Morgan fingerprint density at radius 2 is 1.93 bits per heavy atom. The number of halogens is 1. The summed E-state index contributed by atoms with van der Waals surface area (Å²) in [5.41, 5.74) is 1.56. The first-order valence-electron chi connectivity index (χ1n) is 8.45. The van der Waals surface area contributed by atoms with Crippen molar-refractivity contribution < 1.29 is 23.8 Å². The van der Waals surface area contributed by atoms with Crippen molar-refractivity contribution in [1.29, 1.82) is 0 Å². The number of esters is 1. The molecule has 0 radical (unpaired) electrons. The summed E-state index contributed by atoms with van der Waals surface area (Å²) in [5, 5.41) is 3.25. The van der Waals surface area contributed by atoms with Gasteiger partial charge >= 0.3 is 5.97 Å². The van der Waals surface area contributed by atoms with Crippen LogP contribution >= 0.6 is 11.6 Å². The molecular formula is C20H22ClNO5. The van der Waals surface area contributed by atoms with Crippen LogP contribution in [0.5, 0.6) is 11.5 Å². The van der Waals surface area contributed by atoms with Gasteiger partial charge < -0.3 is 19.5 Å². The minimum atomic E-state index is -0.992. The maximum atomic E-state index is 12.4. The molecule has 0 saturated carbocycles. The second-order valence-corrected chi connectivity index (χ2v) is 6.16. The predicted molar refractivity (Wildman–Crippen MR) is 104 cm³/mol. The average Bonchev–Trinajstić information content (AvgIpc) is 2.65. The van der Waals surface area contributed by atoms with E-state index < -0.39 is 18.0 Å². The Kier molecular flexibility index (Phi) is 7.07. The van der Waals surface area contributed by atoms with Crippen LogP contribution in [-0.2, 0) is 9.53 Å². The molecule has 27 heavy (non-hydrogen) atoms. The number of carbonyl (C=O) groups excluding carboxylic acids is 2. The minimum absolute atomic E-state index is 0.258. The van der Waals surface area contributed by atoms with Crippen molar-refractivity contribution in [2.45, 2.75) is 26.9 Å². The molecule has 144 valence electrons. The molecule has 1 amide bonds. The lowest BCUT2D eigenvalue weighted by atomic mass is 10.2. The lowest BCUT2D eigenvalue weighted by Crippen LogP contribution is -2.30. The fraction of sp³-hybridized carbons (Fsp3) is 0.300. The van der Waals surface area contributed by atoms with Crippen LogP contribution in [0.4, 0.5) is 5.69 Å². The van der Waals surface area contributed by atoms with Crippen molar-refractivity contribution in [1.82, 2.24) is 0 Å². The molecule has 0 bridgehead atoms. The quantitative estimate of drug-likeness (QED) is 0.714. The van der Waals surface area contributed by atoms with E-state index in [1.165, 1.54) is 20.1 Å². The predicted octanol–water partition coefficient (Wildman–Crippen LogP) is 4.24. The van der Waals surface area contributed by atoms with Gasteiger partial charge in [-0.3, -0.25) is 4.79 Å². The normalized spacial score (nSPS) is 11.4. The van der Waals surface area contributed by atoms with Crippen molar-refractivity contribution in [2.24, 2.45) is 0 Å². The summed E-state index contributed by atoms with van der Waals surface area (Å²) in [5.74, 6) is -0.148. The number of anilines is 1. The van der Waals surface area contributed by atoms with Gasteiger partial charge in [0, 0.05) is 10.7 Å². The number of benzene rings is 2. The van der Waals surface area contributed by atoms with Crippen LogP contribution in [0.2, 0.25) is 5.02 Å². The first-order chi connectivity index (χ1) is 12.9. The van der Waals surface area contributed by atoms with Gasteiger partial charge in [0.1, 0.15) is 0 Å². The second-order valence-electron chi connectivity index (χ2n) is 5.75. The molecule has 0 spiro atoms. The fourth-order valence-corrected chi connectivity index (χ4v) is 2.50. The number of amides is 1. The Hall–Kier alpha value is -2.73. The number of ether oxygens (including phenoxy) is 3. The molecule has 1 N–H and O–H groups in total. The molecule has 0 aliphatic carbocycles. The summed E-state index contributed by atoms with van der Waals surface area (Å²) < 4.78 is 15.9. The molecule has 0 saturated heterocycles. The molecule has 0 heterocycles. The SMILES string of the molecule is CCOc1ccc(C(=O)O[C@H](C)C(=O)Nc2cccc(Cl)c2C)cc1OC. The smallest absolute Gasteiger partial charge is 0.339 e. The molecule has 2 rings (SSSR count). The number of rotatable bonds is 7. The van der Waals surface area contributed by atoms with Crippen LogP contribution in [0.1, 0.15) is 29.8 Å². The van der Waals surface area contributed by atoms with E-state index in [2.05, 4.69) is 5.32 Å². The monoisotopic (exact) mass is 391 g/mol. The van der Waals surface area contributed by atoms with E-state index in [0.717, 1.165) is 5.56 Å². The third-order valence-corrected chi connectivity index (χ3v) is 4.29. The van der Waals surface area contributed by atoms with E-state index in [9.17, 15) is 9.59 Å². The van der Waals surface area contributed by atoms with E-state index in [1.54, 1.807) is 37.3 Å². The number of methoxy groups -OCH3 is 1. The van der Waals surface area contributed by atoms with Crippen molar-refractivity contribution in [2.75, 3.05) is 19.0 Å². The molecule has 2 aromatic rings. The van der Waals surface area contributed by atoms with Gasteiger partial charge in [-0.25, -0.2) is 4.79 Å². The first-order valence-corrected chi connectivity index (χ1v) is 8.83. The van der Waals surface area contributed by atoms with Crippen molar-refractivity contribution in [3.05, 3.63) is 52.5 Å². The van der Waals surface area contributed by atoms with E-state index >= 15 is 0 Å². The Labute approximate surface area is 163 Å². The summed E-state index contributed by atoms with van der Waals surface area (Å²) in [6, 6.07) is 9.88. The van der Waals surface area contributed by atoms with Gasteiger partial charge in [0.2, 0.25) is 0 Å². The van der Waals surface area contributed by atoms with Gasteiger partial charge in [0.05, 0.1) is 19.3 Å². The summed E-state index contributed by atoms with van der Waals surface area (Å²) in [6.45, 7) is 5.61. The molecule has 6 nitrogen and oxygen atoms in total. The maximum Gasteiger partial charge on any atom is 0.339 e. The largest absolute Gasteiger partial charge is 0.493 e. The molecule has 7 heteroatoms. The Morgan fingerprint density at radius 1 is 1.19 bits per heavy atom. The van der Waals surface area contributed by atoms with Crippen LogP contribution < -0.4 is 14.8 Å². The highest BCUT2D eigenvalue weighted by atomic mass is 35.5. The number of nitrogens with one attached hydrogen (secondary N) is 1. The van der Waals surface area contributed by atoms with Crippen LogP contribution in [0, 0.1) is 6.92 Å². The Morgan fingerprint density at radius 3 is 2.59 bits per heavy atom. The van der Waals surface area contributed by atoms with Gasteiger partial charge in [-0.05, 0) is 56.7 Å². The Bertz CT molecular complexity index is 837. The summed E-state index contributed by atoms with van der Waals surface area (Å²) in [4.78, 5) is 24.7. The first kappa shape index (κ1) is 20.6. The van der Waals surface area contributed by atoms with Gasteiger partial charge in [-0.2, -0.15) is 0 Å². The standard InChI is InChI=1S/C20H22ClNO5/c1-5-26-17-10-9-14(11-18(17)25-4)20(24)27-13(3)19(23)22-16-8-6-7-15(21)12(16)2/h6-11,13H,5H2,1-4H3,(H,22,23)/t13-/m1/s1. The second kappa shape index (κ2) is 9.28. The van der Waals surface area contributed by atoms with E-state index in [-0.39, 0.29) is 5.56 Å². The molecular weight excluding hydrogens is 370 g/mol. The van der Waals surface area contributed by atoms with Crippen LogP contribution in [0.25, 0.3) is 0 Å².